The molecular weight excluding hydrogens is 438 g/mol. The van der Waals surface area contributed by atoms with Crippen molar-refractivity contribution < 1.29 is 14.6 Å². The third-order valence-corrected chi connectivity index (χ3v) is 11.4. The molecule has 190 valence electrons. The number of ether oxygens (including phenoxy) is 1. The molecule has 0 aliphatic heterocycles. The van der Waals surface area contributed by atoms with Gasteiger partial charge < -0.3 is 9.84 Å². The Labute approximate surface area is 208 Å². The Morgan fingerprint density at radius 3 is 2.66 bits per heavy atom. The number of carbonyl (C=O) groups excluding carboxylic acids is 1. The summed E-state index contributed by atoms with van der Waals surface area (Å²) in [5, 5.41) is 19.4. The zero-order valence-electron chi connectivity index (χ0n) is 21.8. The van der Waals surface area contributed by atoms with Crippen LogP contribution in [0.3, 0.4) is 0 Å². The number of ketones is 1. The number of carbonyl (C=O) groups is 1. The summed E-state index contributed by atoms with van der Waals surface area (Å²) in [7, 11) is 1.65. The van der Waals surface area contributed by atoms with Crippen molar-refractivity contribution in [1.29, 1.82) is 0 Å². The van der Waals surface area contributed by atoms with Crippen LogP contribution in [0.4, 0.5) is 0 Å². The molecule has 4 aliphatic rings. The maximum absolute atomic E-state index is 13.8. The van der Waals surface area contributed by atoms with Gasteiger partial charge in [-0.15, -0.1) is 5.10 Å². The summed E-state index contributed by atoms with van der Waals surface area (Å²) in [4.78, 5) is 13.8. The first kappa shape index (κ1) is 23.4. The predicted octanol–water partition coefficient (Wildman–Crippen LogP) is 5.42. The van der Waals surface area contributed by atoms with E-state index in [9.17, 15) is 9.90 Å². The lowest BCUT2D eigenvalue weighted by Crippen LogP contribution is -2.55. The second-order valence-electron chi connectivity index (χ2n) is 13.1. The molecule has 35 heavy (non-hydrogen) atoms. The number of hydrogen-bond acceptors (Lipinski definition) is 5. The zero-order valence-corrected chi connectivity index (χ0v) is 21.8. The van der Waals surface area contributed by atoms with Crippen molar-refractivity contribution in [1.82, 2.24) is 15.0 Å². The Kier molecular flexibility index (Phi) is 5.38. The van der Waals surface area contributed by atoms with Crippen LogP contribution in [0.1, 0.15) is 78.6 Å². The first-order valence-corrected chi connectivity index (χ1v) is 13.8. The van der Waals surface area contributed by atoms with E-state index < -0.39 is 5.60 Å². The van der Waals surface area contributed by atoms with Gasteiger partial charge in [-0.2, -0.15) is 0 Å². The number of benzene rings is 1. The molecule has 0 unspecified atom stereocenters. The fourth-order valence-corrected chi connectivity index (χ4v) is 9.49. The lowest BCUT2D eigenvalue weighted by molar-refractivity contribution is -0.151. The maximum Gasteiger partial charge on any atom is 0.157 e. The monoisotopic (exact) mass is 479 g/mol. The second-order valence-corrected chi connectivity index (χ2v) is 13.1. The summed E-state index contributed by atoms with van der Waals surface area (Å²) in [6.45, 7) is 7.27. The molecule has 0 bridgehead atoms. The lowest BCUT2D eigenvalue weighted by atomic mass is 9.44. The summed E-state index contributed by atoms with van der Waals surface area (Å²) in [5.41, 5.74) is 1.53. The summed E-state index contributed by atoms with van der Waals surface area (Å²) in [6.07, 6.45) is 10.1. The smallest absolute Gasteiger partial charge is 0.157 e. The summed E-state index contributed by atoms with van der Waals surface area (Å²) >= 11 is 0. The minimum atomic E-state index is -0.487. The average Bonchev–Trinajstić information content (AvgIpc) is 3.40. The van der Waals surface area contributed by atoms with Crippen LogP contribution in [-0.4, -0.2) is 38.6 Å². The van der Waals surface area contributed by atoms with Gasteiger partial charge in [0.2, 0.25) is 0 Å². The molecule has 4 saturated carbocycles. The molecule has 1 aromatic heterocycles. The summed E-state index contributed by atoms with van der Waals surface area (Å²) < 4.78 is 7.29. The number of hydrogen-bond donors (Lipinski definition) is 1. The molecule has 8 atom stereocenters. The van der Waals surface area contributed by atoms with Gasteiger partial charge in [0.25, 0.3) is 0 Å². The van der Waals surface area contributed by atoms with E-state index in [0.29, 0.717) is 28.8 Å². The fraction of sp³-hybridized carbons (Fsp3) is 0.759. The normalized spacial score (nSPS) is 42.8. The van der Waals surface area contributed by atoms with Crippen molar-refractivity contribution >= 4 is 16.8 Å². The highest BCUT2D eigenvalue weighted by molar-refractivity contribution is 5.86. The van der Waals surface area contributed by atoms with E-state index in [0.717, 1.165) is 55.0 Å². The number of nitrogens with zero attached hydrogens (tertiary/aromatic N) is 3. The number of rotatable bonds is 4. The van der Waals surface area contributed by atoms with Crippen LogP contribution in [0, 0.1) is 40.4 Å². The van der Waals surface area contributed by atoms with Crippen LogP contribution in [0.2, 0.25) is 0 Å². The van der Waals surface area contributed by atoms with Crippen LogP contribution in [0.25, 0.3) is 11.0 Å². The number of fused-ring (bicyclic) bond motifs is 6. The number of para-hydroxylation sites is 1. The summed E-state index contributed by atoms with van der Waals surface area (Å²) in [6, 6.07) is 5.73. The predicted molar refractivity (Wildman–Crippen MR) is 135 cm³/mol. The molecule has 4 aliphatic carbocycles. The molecule has 4 fully saturated rings. The molecule has 6 rings (SSSR count). The molecule has 0 amide bonds. The highest BCUT2D eigenvalue weighted by Crippen LogP contribution is 2.68. The molecule has 2 aromatic rings. The first-order chi connectivity index (χ1) is 16.7. The van der Waals surface area contributed by atoms with Gasteiger partial charge >= 0.3 is 0 Å². The minimum absolute atomic E-state index is 0.0854. The van der Waals surface area contributed by atoms with Crippen LogP contribution in [0.5, 0.6) is 5.75 Å². The molecule has 1 N–H and O–H groups in total. The second kappa shape index (κ2) is 8.03. The fourth-order valence-electron chi connectivity index (χ4n) is 9.49. The third-order valence-electron chi connectivity index (χ3n) is 11.4. The molecular formula is C29H41N3O3. The molecule has 6 nitrogen and oxygen atoms in total. The van der Waals surface area contributed by atoms with Gasteiger partial charge in [0.15, 0.2) is 5.78 Å². The standard InChI is InChI=1S/C29H41N3O3/c1-27(34)14-15-28(2)18(16-27)8-9-19-20-10-11-22(29(20,3)13-12-21(19)28)24(33)17-32-26-23(30-31-32)6-5-7-25(26)35-4/h5-7,18-22,34H,8-17H2,1-4H3/t18-,19-,20-,21-,22+,27+,28-,29-/m0/s1. The average molecular weight is 480 g/mol. The van der Waals surface area contributed by atoms with Gasteiger partial charge in [-0.1, -0.05) is 25.1 Å². The molecule has 6 heteroatoms. The van der Waals surface area contributed by atoms with E-state index in [2.05, 4.69) is 24.2 Å². The van der Waals surface area contributed by atoms with Gasteiger partial charge in [-0.3, -0.25) is 4.79 Å². The van der Waals surface area contributed by atoms with Crippen molar-refractivity contribution in [3.8, 4) is 5.75 Å². The lowest BCUT2D eigenvalue weighted by Gasteiger charge is -2.61. The zero-order chi connectivity index (χ0) is 24.6. The van der Waals surface area contributed by atoms with Crippen molar-refractivity contribution in [3.63, 3.8) is 0 Å². The topological polar surface area (TPSA) is 77.2 Å². The van der Waals surface area contributed by atoms with Crippen molar-refractivity contribution in [2.45, 2.75) is 90.7 Å². The van der Waals surface area contributed by atoms with Gasteiger partial charge in [0.1, 0.15) is 23.3 Å². The minimum Gasteiger partial charge on any atom is -0.494 e. The quantitative estimate of drug-likeness (QED) is 0.634. The van der Waals surface area contributed by atoms with Crippen LogP contribution < -0.4 is 4.74 Å². The largest absolute Gasteiger partial charge is 0.494 e. The van der Waals surface area contributed by atoms with E-state index >= 15 is 0 Å². The van der Waals surface area contributed by atoms with Crippen molar-refractivity contribution in [2.75, 3.05) is 7.11 Å². The van der Waals surface area contributed by atoms with Gasteiger partial charge in [0, 0.05) is 5.92 Å². The van der Waals surface area contributed by atoms with Crippen LogP contribution >= 0.6 is 0 Å². The summed E-state index contributed by atoms with van der Waals surface area (Å²) in [5.74, 6) is 3.87. The van der Waals surface area contributed by atoms with Crippen LogP contribution in [-0.2, 0) is 11.3 Å². The van der Waals surface area contributed by atoms with E-state index in [1.54, 1.807) is 11.8 Å². The first-order valence-electron chi connectivity index (χ1n) is 13.8. The van der Waals surface area contributed by atoms with Gasteiger partial charge in [-0.05, 0) is 111 Å². The van der Waals surface area contributed by atoms with E-state index in [-0.39, 0.29) is 17.9 Å². The van der Waals surface area contributed by atoms with Crippen molar-refractivity contribution in [2.24, 2.45) is 40.4 Å². The molecule has 1 aromatic carbocycles. The highest BCUT2D eigenvalue weighted by Gasteiger charge is 2.61. The highest BCUT2D eigenvalue weighted by atomic mass is 16.5. The number of aromatic nitrogens is 3. The Hall–Kier alpha value is -1.95. The number of aliphatic hydroxyl groups is 1. The Balaban J connectivity index is 1.23. The SMILES string of the molecule is COc1cccc2nnn(CC(=O)[C@H]3CC[C@H]4[C@@H]5CC[C@H]6C[C@](C)(O)CC[C@]6(C)[C@H]5CC[C@]34C)c12. The molecule has 0 saturated heterocycles. The van der Waals surface area contributed by atoms with Crippen molar-refractivity contribution in [3.05, 3.63) is 18.2 Å². The maximum atomic E-state index is 13.8. The van der Waals surface area contributed by atoms with E-state index in [1.165, 1.54) is 25.7 Å². The Morgan fingerprint density at radius 1 is 1.06 bits per heavy atom. The van der Waals surface area contributed by atoms with Gasteiger partial charge in [0.05, 0.1) is 12.7 Å². The van der Waals surface area contributed by atoms with E-state index in [1.807, 2.05) is 25.1 Å². The van der Waals surface area contributed by atoms with Crippen LogP contribution in [0.15, 0.2) is 18.2 Å². The molecule has 0 radical (unpaired) electrons. The molecule has 1 heterocycles. The third kappa shape index (κ3) is 3.49. The Morgan fingerprint density at radius 2 is 1.86 bits per heavy atom. The number of Topliss-reactive ketones (excluding diaryl/α,β-unsaturated/α-hetero) is 1. The number of methoxy groups -OCH3 is 1. The Bertz CT molecular complexity index is 1140. The van der Waals surface area contributed by atoms with E-state index in [4.69, 9.17) is 4.74 Å². The molecule has 0 spiro atoms. The van der Waals surface area contributed by atoms with Gasteiger partial charge in [-0.25, -0.2) is 4.68 Å².